The van der Waals surface area contributed by atoms with E-state index in [4.69, 9.17) is 16.6 Å². The lowest BCUT2D eigenvalue weighted by Crippen LogP contribution is -2.35. The first-order valence-electron chi connectivity index (χ1n) is 9.42. The number of imidazole rings is 1. The molecule has 0 unspecified atom stereocenters. The molecule has 0 bridgehead atoms. The summed E-state index contributed by atoms with van der Waals surface area (Å²) in [4.78, 5) is 7.16. The smallest absolute Gasteiger partial charge is 0.157 e. The molecule has 27 heavy (non-hydrogen) atoms. The van der Waals surface area contributed by atoms with Gasteiger partial charge >= 0.3 is 0 Å². The number of pyridine rings is 1. The van der Waals surface area contributed by atoms with Crippen LogP contribution in [0.15, 0.2) is 18.2 Å². The molecule has 3 aromatic rings. The predicted octanol–water partition coefficient (Wildman–Crippen LogP) is 4.24. The number of nitriles is 2. The average molecular weight is 376 g/mol. The van der Waals surface area contributed by atoms with Gasteiger partial charge in [0.2, 0.25) is 0 Å². The molecule has 1 saturated heterocycles. The first kappa shape index (κ1) is 16.4. The van der Waals surface area contributed by atoms with E-state index in [1.165, 1.54) is 5.56 Å². The minimum Gasteiger partial charge on any atom is -0.357 e. The van der Waals surface area contributed by atoms with Crippen LogP contribution in [-0.4, -0.2) is 22.5 Å². The van der Waals surface area contributed by atoms with Crippen LogP contribution >= 0.6 is 11.6 Å². The third kappa shape index (κ3) is 2.32. The summed E-state index contributed by atoms with van der Waals surface area (Å²) in [5, 5.41) is 19.7. The second-order valence-electron chi connectivity index (χ2n) is 7.39. The van der Waals surface area contributed by atoms with Crippen LogP contribution in [0.1, 0.15) is 36.0 Å². The fraction of sp³-hybridized carbons (Fsp3) is 0.381. The van der Waals surface area contributed by atoms with Crippen molar-refractivity contribution in [3.8, 4) is 12.1 Å². The van der Waals surface area contributed by atoms with Gasteiger partial charge in [0.15, 0.2) is 5.65 Å². The maximum absolute atomic E-state index is 9.88. The highest BCUT2D eigenvalue weighted by molar-refractivity contribution is 6.35. The Labute approximate surface area is 162 Å². The number of benzene rings is 1. The maximum Gasteiger partial charge on any atom is 0.157 e. The summed E-state index contributed by atoms with van der Waals surface area (Å²) in [6, 6.07) is 10.6. The van der Waals surface area contributed by atoms with E-state index < -0.39 is 0 Å². The van der Waals surface area contributed by atoms with Gasteiger partial charge in [-0.15, -0.1) is 0 Å². The van der Waals surface area contributed by atoms with E-state index in [9.17, 15) is 10.5 Å². The molecule has 0 spiro atoms. The molecule has 1 fully saturated rings. The average Bonchev–Trinajstić information content (AvgIpc) is 3.32. The minimum atomic E-state index is 0.136. The zero-order valence-corrected chi connectivity index (χ0v) is 15.6. The molecule has 1 aliphatic carbocycles. The highest BCUT2D eigenvalue weighted by atomic mass is 35.5. The predicted molar refractivity (Wildman–Crippen MR) is 105 cm³/mol. The molecule has 0 atom stereocenters. The van der Waals surface area contributed by atoms with Crippen molar-refractivity contribution in [1.82, 2.24) is 9.38 Å². The number of hydrogen-bond acceptors (Lipinski definition) is 4. The molecule has 0 amide bonds. The van der Waals surface area contributed by atoms with Crippen molar-refractivity contribution < 1.29 is 0 Å². The molecule has 1 aromatic carbocycles. The Bertz CT molecular complexity index is 1160. The SMILES string of the molecule is N#Cc1c2c(c(N3CCC(C#N)CC3)n3c1nc1c(Cl)cccc13)CCC2. The van der Waals surface area contributed by atoms with Gasteiger partial charge in [0.25, 0.3) is 0 Å². The summed E-state index contributed by atoms with van der Waals surface area (Å²) in [7, 11) is 0. The quantitative estimate of drug-likeness (QED) is 0.637. The highest BCUT2D eigenvalue weighted by Gasteiger charge is 2.30. The van der Waals surface area contributed by atoms with Crippen molar-refractivity contribution in [2.24, 2.45) is 5.92 Å². The van der Waals surface area contributed by atoms with E-state index in [2.05, 4.69) is 21.4 Å². The van der Waals surface area contributed by atoms with E-state index in [1.807, 2.05) is 18.2 Å². The van der Waals surface area contributed by atoms with Crippen LogP contribution in [0.5, 0.6) is 0 Å². The van der Waals surface area contributed by atoms with E-state index in [0.717, 1.165) is 67.6 Å². The molecule has 1 aliphatic heterocycles. The molecule has 0 saturated carbocycles. The summed E-state index contributed by atoms with van der Waals surface area (Å²) in [5.74, 6) is 1.29. The Kier molecular flexibility index (Phi) is 3.74. The topological polar surface area (TPSA) is 68.1 Å². The van der Waals surface area contributed by atoms with Gasteiger partial charge in [-0.1, -0.05) is 17.7 Å². The third-order valence-electron chi connectivity index (χ3n) is 5.95. The second kappa shape index (κ2) is 6.15. The largest absolute Gasteiger partial charge is 0.357 e. The molecule has 5 nitrogen and oxygen atoms in total. The summed E-state index contributed by atoms with van der Waals surface area (Å²) in [5.41, 5.74) is 5.50. The molecule has 6 heteroatoms. The van der Waals surface area contributed by atoms with Gasteiger partial charge in [-0.2, -0.15) is 10.5 Å². The first-order chi connectivity index (χ1) is 13.2. The van der Waals surface area contributed by atoms with E-state index in [1.54, 1.807) is 0 Å². The van der Waals surface area contributed by atoms with Crippen LogP contribution in [0.25, 0.3) is 16.7 Å². The number of fused-ring (bicyclic) bond motifs is 4. The van der Waals surface area contributed by atoms with Crippen LogP contribution in [0.2, 0.25) is 5.02 Å². The minimum absolute atomic E-state index is 0.136. The lowest BCUT2D eigenvalue weighted by atomic mass is 9.97. The van der Waals surface area contributed by atoms with Crippen LogP contribution in [0.3, 0.4) is 0 Å². The Balaban J connectivity index is 1.84. The number of anilines is 1. The zero-order chi connectivity index (χ0) is 18.5. The van der Waals surface area contributed by atoms with Gasteiger partial charge in [-0.3, -0.25) is 4.40 Å². The van der Waals surface area contributed by atoms with E-state index >= 15 is 0 Å². The number of piperidine rings is 1. The molecule has 5 rings (SSSR count). The Hall–Kier alpha value is -2.76. The molecular formula is C21H18ClN5. The molecule has 0 radical (unpaired) electrons. The van der Waals surface area contributed by atoms with Crippen molar-refractivity contribution in [3.05, 3.63) is 39.9 Å². The van der Waals surface area contributed by atoms with Gasteiger partial charge in [0.1, 0.15) is 17.4 Å². The lowest BCUT2D eigenvalue weighted by Gasteiger charge is -2.33. The normalized spacial score (nSPS) is 17.2. The number of halogens is 1. The number of rotatable bonds is 1. The standard InChI is InChI=1S/C21H18ClN5/c22-17-5-2-6-18-19(17)25-20-16(12-24)14-3-1-4-15(14)21(27(18)20)26-9-7-13(11-23)8-10-26/h2,5-6,13H,1,3-4,7-10H2. The Morgan fingerprint density at radius 3 is 2.63 bits per heavy atom. The fourth-order valence-corrected chi connectivity index (χ4v) is 4.87. The van der Waals surface area contributed by atoms with Gasteiger partial charge in [-0.05, 0) is 55.4 Å². The van der Waals surface area contributed by atoms with Gasteiger partial charge < -0.3 is 4.90 Å². The molecule has 3 heterocycles. The molecular weight excluding hydrogens is 358 g/mol. The number of aromatic nitrogens is 2. The second-order valence-corrected chi connectivity index (χ2v) is 7.80. The van der Waals surface area contributed by atoms with E-state index in [-0.39, 0.29) is 5.92 Å². The number of nitrogens with zero attached hydrogens (tertiary/aromatic N) is 5. The van der Waals surface area contributed by atoms with Crippen LogP contribution in [0, 0.1) is 28.6 Å². The van der Waals surface area contributed by atoms with Gasteiger partial charge in [-0.25, -0.2) is 4.98 Å². The monoisotopic (exact) mass is 375 g/mol. The molecule has 2 aromatic heterocycles. The van der Waals surface area contributed by atoms with E-state index in [0.29, 0.717) is 16.2 Å². The Morgan fingerprint density at radius 1 is 1.11 bits per heavy atom. The van der Waals surface area contributed by atoms with Crippen molar-refractivity contribution in [2.45, 2.75) is 32.1 Å². The summed E-state index contributed by atoms with van der Waals surface area (Å²) in [6.45, 7) is 1.71. The lowest BCUT2D eigenvalue weighted by molar-refractivity contribution is 0.483. The zero-order valence-electron chi connectivity index (χ0n) is 14.9. The van der Waals surface area contributed by atoms with Gasteiger partial charge in [0, 0.05) is 19.0 Å². The highest BCUT2D eigenvalue weighted by Crippen LogP contribution is 2.40. The van der Waals surface area contributed by atoms with Gasteiger partial charge in [0.05, 0.1) is 22.2 Å². The fourth-order valence-electron chi connectivity index (χ4n) is 4.65. The summed E-state index contributed by atoms with van der Waals surface area (Å²) < 4.78 is 2.14. The van der Waals surface area contributed by atoms with Crippen molar-refractivity contribution in [1.29, 1.82) is 10.5 Å². The summed E-state index contributed by atoms with van der Waals surface area (Å²) in [6.07, 6.45) is 4.72. The number of para-hydroxylation sites is 1. The van der Waals surface area contributed by atoms with Crippen LogP contribution in [0.4, 0.5) is 5.82 Å². The van der Waals surface area contributed by atoms with Crippen molar-refractivity contribution in [3.63, 3.8) is 0 Å². The van der Waals surface area contributed by atoms with Crippen LogP contribution < -0.4 is 4.90 Å². The molecule has 134 valence electrons. The Morgan fingerprint density at radius 2 is 1.89 bits per heavy atom. The summed E-state index contributed by atoms with van der Waals surface area (Å²) >= 11 is 6.42. The maximum atomic E-state index is 9.88. The van der Waals surface area contributed by atoms with Crippen molar-refractivity contribution in [2.75, 3.05) is 18.0 Å². The van der Waals surface area contributed by atoms with Crippen LogP contribution in [-0.2, 0) is 12.8 Å². The molecule has 2 aliphatic rings. The molecule has 0 N–H and O–H groups in total. The number of hydrogen-bond donors (Lipinski definition) is 0. The third-order valence-corrected chi connectivity index (χ3v) is 6.25. The van der Waals surface area contributed by atoms with Crippen molar-refractivity contribution >= 4 is 34.1 Å². The first-order valence-corrected chi connectivity index (χ1v) is 9.79.